The highest BCUT2D eigenvalue weighted by molar-refractivity contribution is 5.82. The van der Waals surface area contributed by atoms with Crippen molar-refractivity contribution in [2.45, 2.75) is 25.7 Å². The molecule has 3 rings (SSSR count). The fourth-order valence-corrected chi connectivity index (χ4v) is 3.22. The fraction of sp³-hybridized carbons (Fsp3) is 0.562. The molecular weight excluding hydrogens is 266 g/mol. The SMILES string of the molecule is NC(=NO)C1CCN(CCc2ccc3c(c2)CCO3)CC1. The van der Waals surface area contributed by atoms with E-state index in [1.54, 1.807) is 0 Å². The largest absolute Gasteiger partial charge is 0.493 e. The van der Waals surface area contributed by atoms with Gasteiger partial charge < -0.3 is 20.6 Å². The van der Waals surface area contributed by atoms with Crippen molar-refractivity contribution in [3.8, 4) is 5.75 Å². The van der Waals surface area contributed by atoms with E-state index in [9.17, 15) is 0 Å². The summed E-state index contributed by atoms with van der Waals surface area (Å²) in [6.45, 7) is 3.94. The second-order valence-electron chi connectivity index (χ2n) is 5.93. The third-order valence-electron chi connectivity index (χ3n) is 4.59. The molecule has 0 radical (unpaired) electrons. The fourth-order valence-electron chi connectivity index (χ4n) is 3.22. The molecule has 2 heterocycles. The number of nitrogens with zero attached hydrogens (tertiary/aromatic N) is 2. The van der Waals surface area contributed by atoms with Gasteiger partial charge in [0.1, 0.15) is 11.6 Å². The van der Waals surface area contributed by atoms with Gasteiger partial charge in [0.15, 0.2) is 0 Å². The highest BCUT2D eigenvalue weighted by Gasteiger charge is 2.22. The molecule has 0 spiro atoms. The van der Waals surface area contributed by atoms with Crippen LogP contribution in [0.1, 0.15) is 24.0 Å². The number of benzene rings is 1. The number of hydrogen-bond acceptors (Lipinski definition) is 4. The highest BCUT2D eigenvalue weighted by Crippen LogP contribution is 2.26. The Balaban J connectivity index is 1.48. The summed E-state index contributed by atoms with van der Waals surface area (Å²) in [4.78, 5) is 2.46. The van der Waals surface area contributed by atoms with Gasteiger partial charge in [-0.05, 0) is 49.5 Å². The van der Waals surface area contributed by atoms with E-state index in [0.717, 1.165) is 57.7 Å². The number of oxime groups is 1. The third kappa shape index (κ3) is 3.29. The highest BCUT2D eigenvalue weighted by atomic mass is 16.5. The monoisotopic (exact) mass is 289 g/mol. The van der Waals surface area contributed by atoms with E-state index in [-0.39, 0.29) is 5.92 Å². The number of fused-ring (bicyclic) bond motifs is 1. The maximum Gasteiger partial charge on any atom is 0.142 e. The van der Waals surface area contributed by atoms with E-state index in [2.05, 4.69) is 28.3 Å². The minimum atomic E-state index is 0.239. The van der Waals surface area contributed by atoms with E-state index in [4.69, 9.17) is 15.7 Å². The summed E-state index contributed by atoms with van der Waals surface area (Å²) >= 11 is 0. The molecule has 114 valence electrons. The maximum atomic E-state index is 8.72. The zero-order valence-corrected chi connectivity index (χ0v) is 12.3. The summed E-state index contributed by atoms with van der Waals surface area (Å²) in [5.41, 5.74) is 8.41. The van der Waals surface area contributed by atoms with E-state index >= 15 is 0 Å². The van der Waals surface area contributed by atoms with E-state index < -0.39 is 0 Å². The Bertz CT molecular complexity index is 522. The van der Waals surface area contributed by atoms with Crippen molar-refractivity contribution in [1.29, 1.82) is 0 Å². The standard InChI is InChI=1S/C16H23N3O2/c17-16(18-20)13-4-8-19(9-5-13)7-3-12-1-2-15-14(11-12)6-10-21-15/h1-2,11,13,20H,3-10H2,(H2,17,18). The molecule has 2 aliphatic heterocycles. The average Bonchev–Trinajstić information content (AvgIpc) is 3.00. The lowest BCUT2D eigenvalue weighted by Gasteiger charge is -2.31. The van der Waals surface area contributed by atoms with Crippen molar-refractivity contribution in [2.24, 2.45) is 16.8 Å². The van der Waals surface area contributed by atoms with Crippen LogP contribution in [0, 0.1) is 5.92 Å². The number of amidine groups is 1. The molecule has 1 aromatic rings. The minimum absolute atomic E-state index is 0.239. The maximum absolute atomic E-state index is 8.72. The summed E-state index contributed by atoms with van der Waals surface area (Å²) < 4.78 is 5.54. The van der Waals surface area contributed by atoms with Crippen LogP contribution in [0.25, 0.3) is 0 Å². The number of likely N-dealkylation sites (tertiary alicyclic amines) is 1. The number of ether oxygens (including phenoxy) is 1. The van der Waals surface area contributed by atoms with Crippen LogP contribution in [-0.2, 0) is 12.8 Å². The molecule has 1 aromatic carbocycles. The topological polar surface area (TPSA) is 71.1 Å². The third-order valence-corrected chi connectivity index (χ3v) is 4.59. The van der Waals surface area contributed by atoms with E-state index in [1.165, 1.54) is 11.1 Å². The van der Waals surface area contributed by atoms with Crippen LogP contribution in [-0.4, -0.2) is 42.2 Å². The Hall–Kier alpha value is -1.75. The summed E-state index contributed by atoms with van der Waals surface area (Å²) in [7, 11) is 0. The summed E-state index contributed by atoms with van der Waals surface area (Å²) in [6.07, 6.45) is 4.07. The number of rotatable bonds is 4. The Morgan fingerprint density at radius 2 is 2.19 bits per heavy atom. The Labute approximate surface area is 125 Å². The van der Waals surface area contributed by atoms with E-state index in [1.807, 2.05) is 0 Å². The van der Waals surface area contributed by atoms with Gasteiger partial charge in [0.05, 0.1) is 6.61 Å². The van der Waals surface area contributed by atoms with Crippen LogP contribution in [0.5, 0.6) is 5.75 Å². The molecule has 5 nitrogen and oxygen atoms in total. The van der Waals surface area contributed by atoms with Crippen LogP contribution in [0.4, 0.5) is 0 Å². The van der Waals surface area contributed by atoms with Gasteiger partial charge in [-0.2, -0.15) is 0 Å². The number of hydrogen-bond donors (Lipinski definition) is 2. The van der Waals surface area contributed by atoms with Crippen molar-refractivity contribution >= 4 is 5.84 Å². The van der Waals surface area contributed by atoms with Gasteiger partial charge in [-0.1, -0.05) is 17.3 Å². The molecule has 0 saturated carbocycles. The van der Waals surface area contributed by atoms with Crippen molar-refractivity contribution < 1.29 is 9.94 Å². The minimum Gasteiger partial charge on any atom is -0.493 e. The first-order valence-corrected chi connectivity index (χ1v) is 7.70. The normalized spacial score (nSPS) is 20.3. The average molecular weight is 289 g/mol. The number of nitrogens with two attached hydrogens (primary N) is 1. The van der Waals surface area contributed by atoms with Crippen molar-refractivity contribution in [3.63, 3.8) is 0 Å². The summed E-state index contributed by atoms with van der Waals surface area (Å²) in [6, 6.07) is 6.56. The quantitative estimate of drug-likeness (QED) is 0.382. The molecule has 5 heteroatoms. The van der Waals surface area contributed by atoms with Gasteiger partial charge in [-0.3, -0.25) is 0 Å². The van der Waals surface area contributed by atoms with Gasteiger partial charge in [0.2, 0.25) is 0 Å². The second-order valence-corrected chi connectivity index (χ2v) is 5.93. The van der Waals surface area contributed by atoms with Crippen molar-refractivity contribution in [2.75, 3.05) is 26.2 Å². The number of piperidine rings is 1. The Morgan fingerprint density at radius 3 is 2.95 bits per heavy atom. The molecule has 0 unspecified atom stereocenters. The van der Waals surface area contributed by atoms with Crippen LogP contribution < -0.4 is 10.5 Å². The van der Waals surface area contributed by atoms with Crippen molar-refractivity contribution in [1.82, 2.24) is 4.90 Å². The molecular formula is C16H23N3O2. The summed E-state index contributed by atoms with van der Waals surface area (Å²) in [5.74, 6) is 1.68. The van der Waals surface area contributed by atoms with Crippen LogP contribution in [0.3, 0.4) is 0 Å². The Kier molecular flexibility index (Phi) is 4.29. The van der Waals surface area contributed by atoms with Gasteiger partial charge in [-0.25, -0.2) is 0 Å². The molecule has 0 aliphatic carbocycles. The van der Waals surface area contributed by atoms with Gasteiger partial charge >= 0.3 is 0 Å². The lowest BCUT2D eigenvalue weighted by atomic mass is 9.95. The zero-order valence-electron chi connectivity index (χ0n) is 12.3. The van der Waals surface area contributed by atoms with Crippen LogP contribution in [0.15, 0.2) is 23.4 Å². The predicted octanol–water partition coefficient (Wildman–Crippen LogP) is 1.62. The zero-order chi connectivity index (χ0) is 14.7. The molecule has 21 heavy (non-hydrogen) atoms. The van der Waals surface area contributed by atoms with Gasteiger partial charge in [0, 0.05) is 18.9 Å². The molecule has 1 saturated heterocycles. The molecule has 2 aliphatic rings. The molecule has 1 fully saturated rings. The molecule has 0 atom stereocenters. The molecule has 0 amide bonds. The first-order chi connectivity index (χ1) is 10.3. The summed E-state index contributed by atoms with van der Waals surface area (Å²) in [5, 5.41) is 11.8. The predicted molar refractivity (Wildman–Crippen MR) is 81.9 cm³/mol. The smallest absolute Gasteiger partial charge is 0.142 e. The second kappa shape index (κ2) is 6.35. The lowest BCUT2D eigenvalue weighted by molar-refractivity contribution is 0.208. The lowest BCUT2D eigenvalue weighted by Crippen LogP contribution is -2.39. The van der Waals surface area contributed by atoms with Gasteiger partial charge in [0.25, 0.3) is 0 Å². The molecule has 0 aromatic heterocycles. The van der Waals surface area contributed by atoms with E-state index in [0.29, 0.717) is 5.84 Å². The van der Waals surface area contributed by atoms with Gasteiger partial charge in [-0.15, -0.1) is 0 Å². The first-order valence-electron chi connectivity index (χ1n) is 7.70. The van der Waals surface area contributed by atoms with Crippen LogP contribution in [0.2, 0.25) is 0 Å². The van der Waals surface area contributed by atoms with Crippen molar-refractivity contribution in [3.05, 3.63) is 29.3 Å². The first kappa shape index (κ1) is 14.2. The Morgan fingerprint density at radius 1 is 1.38 bits per heavy atom. The van der Waals surface area contributed by atoms with Crippen LogP contribution >= 0.6 is 0 Å². The molecule has 0 bridgehead atoms. The molecule has 3 N–H and O–H groups in total.